The fourth-order valence-corrected chi connectivity index (χ4v) is 3.25. The Morgan fingerprint density at radius 2 is 2.30 bits per heavy atom. The maximum absolute atomic E-state index is 5.87. The Labute approximate surface area is 138 Å². The summed E-state index contributed by atoms with van der Waals surface area (Å²) in [7, 11) is 0. The van der Waals surface area contributed by atoms with E-state index in [1.54, 1.807) is 0 Å². The van der Waals surface area contributed by atoms with Gasteiger partial charge in [0.25, 0.3) is 0 Å². The summed E-state index contributed by atoms with van der Waals surface area (Å²) in [5, 5.41) is 3.49. The normalized spacial score (nSPS) is 19.2. The fraction of sp³-hybridized carbons (Fsp3) is 0.526. The minimum Gasteiger partial charge on any atom is -0.493 e. The molecule has 23 heavy (non-hydrogen) atoms. The molecule has 2 unspecified atom stereocenters. The van der Waals surface area contributed by atoms with E-state index in [2.05, 4.69) is 59.2 Å². The van der Waals surface area contributed by atoms with E-state index in [1.807, 2.05) is 12.5 Å². The molecule has 1 aromatic heterocycles. The van der Waals surface area contributed by atoms with Crippen LogP contribution in [0.2, 0.25) is 0 Å². The summed E-state index contributed by atoms with van der Waals surface area (Å²) in [6.07, 6.45) is 8.15. The molecule has 4 nitrogen and oxygen atoms in total. The number of hydrogen-bond acceptors (Lipinski definition) is 3. The molecule has 2 atom stereocenters. The van der Waals surface area contributed by atoms with Gasteiger partial charge in [0.1, 0.15) is 5.75 Å². The van der Waals surface area contributed by atoms with Crippen LogP contribution in [0.4, 0.5) is 0 Å². The predicted molar refractivity (Wildman–Crippen MR) is 92.7 cm³/mol. The third-order valence-electron chi connectivity index (χ3n) is 4.48. The highest BCUT2D eigenvalue weighted by atomic mass is 16.5. The molecule has 2 aromatic rings. The second kappa shape index (κ2) is 7.64. The molecule has 0 saturated carbocycles. The van der Waals surface area contributed by atoms with Gasteiger partial charge in [0.2, 0.25) is 0 Å². The van der Waals surface area contributed by atoms with Crippen LogP contribution in [0.3, 0.4) is 0 Å². The first kappa shape index (κ1) is 16.1. The van der Waals surface area contributed by atoms with Crippen LogP contribution in [0.5, 0.6) is 5.75 Å². The summed E-state index contributed by atoms with van der Waals surface area (Å²) in [6, 6.07) is 8.99. The van der Waals surface area contributed by atoms with Gasteiger partial charge in [-0.15, -0.1) is 0 Å². The van der Waals surface area contributed by atoms with Gasteiger partial charge in [0.05, 0.1) is 12.9 Å². The zero-order valence-electron chi connectivity index (χ0n) is 14.1. The van der Waals surface area contributed by atoms with Crippen LogP contribution in [-0.2, 0) is 6.42 Å². The van der Waals surface area contributed by atoms with E-state index >= 15 is 0 Å². The van der Waals surface area contributed by atoms with Crippen LogP contribution in [0, 0.1) is 11.8 Å². The molecule has 0 amide bonds. The van der Waals surface area contributed by atoms with Crippen molar-refractivity contribution in [1.82, 2.24) is 14.9 Å². The molecule has 3 rings (SSSR count). The zero-order valence-corrected chi connectivity index (χ0v) is 14.1. The van der Waals surface area contributed by atoms with Crippen molar-refractivity contribution in [1.29, 1.82) is 0 Å². The van der Waals surface area contributed by atoms with Crippen molar-refractivity contribution in [2.24, 2.45) is 11.8 Å². The van der Waals surface area contributed by atoms with Crippen LogP contribution in [0.25, 0.3) is 0 Å². The third kappa shape index (κ3) is 4.35. The van der Waals surface area contributed by atoms with Crippen molar-refractivity contribution in [3.8, 4) is 5.75 Å². The molecule has 1 saturated heterocycles. The molecule has 1 aliphatic rings. The number of ether oxygens (including phenoxy) is 1. The fourth-order valence-electron chi connectivity index (χ4n) is 3.25. The standard InChI is InChI=1S/C19H27N3O/c1-15(2)13-23-18-5-3-4-16(10-18)11-19(17-6-7-20-12-17)22-9-8-21-14-22/h3-5,8-10,14-15,17,19-20H,6-7,11-13H2,1-2H3. The van der Waals surface area contributed by atoms with E-state index in [9.17, 15) is 0 Å². The van der Waals surface area contributed by atoms with E-state index in [0.717, 1.165) is 31.9 Å². The molecule has 2 heterocycles. The van der Waals surface area contributed by atoms with Crippen molar-refractivity contribution in [2.75, 3.05) is 19.7 Å². The molecule has 1 aromatic carbocycles. The van der Waals surface area contributed by atoms with Gasteiger partial charge in [0, 0.05) is 18.4 Å². The second-order valence-electron chi connectivity index (χ2n) is 6.89. The number of benzene rings is 1. The zero-order chi connectivity index (χ0) is 16.1. The van der Waals surface area contributed by atoms with Gasteiger partial charge in [0.15, 0.2) is 0 Å². The number of nitrogens with one attached hydrogen (secondary N) is 1. The quantitative estimate of drug-likeness (QED) is 0.852. The number of hydrogen-bond donors (Lipinski definition) is 1. The lowest BCUT2D eigenvalue weighted by Gasteiger charge is -2.24. The minimum atomic E-state index is 0.452. The van der Waals surface area contributed by atoms with Gasteiger partial charge >= 0.3 is 0 Å². The van der Waals surface area contributed by atoms with Crippen LogP contribution in [0.15, 0.2) is 43.0 Å². The van der Waals surface area contributed by atoms with Crippen LogP contribution < -0.4 is 10.1 Å². The summed E-state index contributed by atoms with van der Waals surface area (Å²) in [4.78, 5) is 4.24. The van der Waals surface area contributed by atoms with Crippen molar-refractivity contribution in [3.63, 3.8) is 0 Å². The monoisotopic (exact) mass is 313 g/mol. The highest BCUT2D eigenvalue weighted by molar-refractivity contribution is 5.29. The molecule has 1 N–H and O–H groups in total. The van der Waals surface area contributed by atoms with E-state index in [0.29, 0.717) is 17.9 Å². The number of nitrogens with zero attached hydrogens (tertiary/aromatic N) is 2. The maximum atomic E-state index is 5.87. The first-order valence-electron chi connectivity index (χ1n) is 8.62. The summed E-state index contributed by atoms with van der Waals surface area (Å²) in [5.41, 5.74) is 1.33. The van der Waals surface area contributed by atoms with Gasteiger partial charge in [-0.2, -0.15) is 0 Å². The Kier molecular flexibility index (Phi) is 5.34. The minimum absolute atomic E-state index is 0.452. The topological polar surface area (TPSA) is 39.1 Å². The molecule has 1 aliphatic heterocycles. The maximum Gasteiger partial charge on any atom is 0.119 e. The van der Waals surface area contributed by atoms with Crippen molar-refractivity contribution in [2.45, 2.75) is 32.7 Å². The van der Waals surface area contributed by atoms with E-state index in [1.165, 1.54) is 12.0 Å². The van der Waals surface area contributed by atoms with E-state index < -0.39 is 0 Å². The Hall–Kier alpha value is -1.81. The Morgan fingerprint density at radius 1 is 1.39 bits per heavy atom. The molecule has 0 spiro atoms. The SMILES string of the molecule is CC(C)COc1cccc(CC(C2CCNC2)n2ccnc2)c1. The van der Waals surface area contributed by atoms with Gasteiger partial charge < -0.3 is 14.6 Å². The first-order chi connectivity index (χ1) is 11.2. The van der Waals surface area contributed by atoms with Gasteiger partial charge in [-0.05, 0) is 55.5 Å². The smallest absolute Gasteiger partial charge is 0.119 e. The number of rotatable bonds is 7. The van der Waals surface area contributed by atoms with Crippen molar-refractivity contribution in [3.05, 3.63) is 48.5 Å². The first-order valence-corrected chi connectivity index (χ1v) is 8.62. The van der Waals surface area contributed by atoms with E-state index in [-0.39, 0.29) is 0 Å². The Bertz CT molecular complexity index is 588. The summed E-state index contributed by atoms with van der Waals surface area (Å²) >= 11 is 0. The van der Waals surface area contributed by atoms with Crippen LogP contribution in [-0.4, -0.2) is 29.2 Å². The highest BCUT2D eigenvalue weighted by Gasteiger charge is 2.26. The average Bonchev–Trinajstić information content (AvgIpc) is 3.24. The molecule has 0 aliphatic carbocycles. The lowest BCUT2D eigenvalue weighted by molar-refractivity contribution is 0.270. The highest BCUT2D eigenvalue weighted by Crippen LogP contribution is 2.28. The lowest BCUT2D eigenvalue weighted by atomic mass is 9.92. The predicted octanol–water partition coefficient (Wildman–Crippen LogP) is 3.31. The molecule has 124 valence electrons. The van der Waals surface area contributed by atoms with E-state index in [4.69, 9.17) is 4.74 Å². The molecule has 4 heteroatoms. The van der Waals surface area contributed by atoms with Crippen LogP contribution >= 0.6 is 0 Å². The molecule has 0 bridgehead atoms. The number of imidazole rings is 1. The molecule has 1 fully saturated rings. The molecular weight excluding hydrogens is 286 g/mol. The second-order valence-corrected chi connectivity index (χ2v) is 6.89. The Balaban J connectivity index is 1.73. The summed E-state index contributed by atoms with van der Waals surface area (Å²) in [5.74, 6) is 2.18. The van der Waals surface area contributed by atoms with Gasteiger partial charge in [-0.3, -0.25) is 0 Å². The van der Waals surface area contributed by atoms with Crippen LogP contribution in [0.1, 0.15) is 31.9 Å². The number of aromatic nitrogens is 2. The summed E-state index contributed by atoms with van der Waals surface area (Å²) < 4.78 is 8.14. The average molecular weight is 313 g/mol. The molecule has 0 radical (unpaired) electrons. The Morgan fingerprint density at radius 3 is 3.00 bits per heavy atom. The largest absolute Gasteiger partial charge is 0.493 e. The van der Waals surface area contributed by atoms with Gasteiger partial charge in [-0.1, -0.05) is 26.0 Å². The van der Waals surface area contributed by atoms with Gasteiger partial charge in [-0.25, -0.2) is 4.98 Å². The third-order valence-corrected chi connectivity index (χ3v) is 4.48. The summed E-state index contributed by atoms with van der Waals surface area (Å²) in [6.45, 7) is 7.32. The van der Waals surface area contributed by atoms with Crippen molar-refractivity contribution >= 4 is 0 Å². The lowest BCUT2D eigenvalue weighted by Crippen LogP contribution is -2.23. The van der Waals surface area contributed by atoms with Crippen molar-refractivity contribution < 1.29 is 4.74 Å². The molecular formula is C19H27N3O.